The van der Waals surface area contributed by atoms with E-state index in [1.165, 1.54) is 0 Å². The van der Waals surface area contributed by atoms with E-state index >= 15 is 0 Å². The van der Waals surface area contributed by atoms with Crippen molar-refractivity contribution in [2.75, 3.05) is 13.2 Å². The molecule has 1 aromatic carbocycles. The minimum Gasteiger partial charge on any atom is -0.322 e. The Morgan fingerprint density at radius 2 is 1.80 bits per heavy atom. The molecule has 0 aromatic heterocycles. The van der Waals surface area contributed by atoms with Crippen molar-refractivity contribution in [3.05, 3.63) is 35.9 Å². The summed E-state index contributed by atoms with van der Waals surface area (Å²) in [6.07, 6.45) is 0. The van der Waals surface area contributed by atoms with Gasteiger partial charge in [-0.05, 0) is 11.2 Å². The molecule has 0 amide bonds. The molecule has 0 spiro atoms. The summed E-state index contributed by atoms with van der Waals surface area (Å²) in [6.45, 7) is 2.97. The number of hydrogen-bond acceptors (Lipinski definition) is 3. The van der Waals surface area contributed by atoms with Gasteiger partial charge >= 0.3 is 0 Å². The Kier molecular flexibility index (Phi) is 5.81. The summed E-state index contributed by atoms with van der Waals surface area (Å²) in [4.78, 5) is 10.0. The molecule has 3 nitrogen and oxygen atoms in total. The van der Waals surface area contributed by atoms with Crippen LogP contribution in [-0.4, -0.2) is 18.9 Å². The van der Waals surface area contributed by atoms with Crippen LogP contribution >= 0.6 is 9.24 Å². The fourth-order valence-corrected chi connectivity index (χ4v) is 1.15. The Bertz CT molecular complexity index is 267. The van der Waals surface area contributed by atoms with Crippen LogP contribution in [0, 0.1) is 0 Å². The third-order valence-corrected chi connectivity index (χ3v) is 2.08. The first-order valence-corrected chi connectivity index (χ1v) is 5.67. The van der Waals surface area contributed by atoms with Crippen molar-refractivity contribution in [1.82, 2.24) is 0 Å². The SMILES string of the molecule is C[C@H](P)COOC[C@H](N)c1ccccc1. The van der Waals surface area contributed by atoms with E-state index < -0.39 is 0 Å². The van der Waals surface area contributed by atoms with Gasteiger partial charge in [-0.1, -0.05) is 37.3 Å². The van der Waals surface area contributed by atoms with Gasteiger partial charge in [0, 0.05) is 0 Å². The monoisotopic (exact) mass is 227 g/mol. The molecule has 0 aliphatic rings. The minimum absolute atomic E-state index is 0.133. The van der Waals surface area contributed by atoms with E-state index in [-0.39, 0.29) is 6.04 Å². The lowest BCUT2D eigenvalue weighted by Crippen LogP contribution is -2.18. The highest BCUT2D eigenvalue weighted by atomic mass is 31.0. The maximum atomic E-state index is 5.90. The van der Waals surface area contributed by atoms with Crippen LogP contribution in [0.2, 0.25) is 0 Å². The van der Waals surface area contributed by atoms with Crippen molar-refractivity contribution in [2.45, 2.75) is 18.6 Å². The van der Waals surface area contributed by atoms with E-state index in [9.17, 15) is 0 Å². The maximum Gasteiger partial charge on any atom is 0.101 e. The topological polar surface area (TPSA) is 44.5 Å². The van der Waals surface area contributed by atoms with Crippen molar-refractivity contribution < 1.29 is 9.78 Å². The normalized spacial score (nSPS) is 14.9. The molecule has 0 heterocycles. The summed E-state index contributed by atoms with van der Waals surface area (Å²) in [5.74, 6) is 0. The third-order valence-electron chi connectivity index (χ3n) is 1.89. The zero-order valence-corrected chi connectivity index (χ0v) is 10.1. The molecule has 3 atom stereocenters. The second kappa shape index (κ2) is 6.91. The molecule has 2 N–H and O–H groups in total. The lowest BCUT2D eigenvalue weighted by molar-refractivity contribution is -0.296. The molecule has 0 aliphatic carbocycles. The molecular formula is C11H18NO2P. The van der Waals surface area contributed by atoms with Gasteiger partial charge in [0.2, 0.25) is 0 Å². The smallest absolute Gasteiger partial charge is 0.101 e. The fourth-order valence-electron chi connectivity index (χ4n) is 1.07. The standard InChI is InChI=1S/C11H18NO2P/c1-9(15)7-13-14-8-11(12)10-5-3-2-4-6-10/h2-6,9,11H,7-8,12,15H2,1H3/t9-,11-/m0/s1. The largest absolute Gasteiger partial charge is 0.322 e. The van der Waals surface area contributed by atoms with Gasteiger partial charge in [0.05, 0.1) is 12.6 Å². The highest BCUT2D eigenvalue weighted by Crippen LogP contribution is 2.09. The van der Waals surface area contributed by atoms with Gasteiger partial charge in [0.25, 0.3) is 0 Å². The van der Waals surface area contributed by atoms with E-state index in [0.29, 0.717) is 18.9 Å². The van der Waals surface area contributed by atoms with Crippen LogP contribution in [0.4, 0.5) is 0 Å². The van der Waals surface area contributed by atoms with Crippen molar-refractivity contribution in [3.63, 3.8) is 0 Å². The predicted molar refractivity (Wildman–Crippen MR) is 64.4 cm³/mol. The Morgan fingerprint density at radius 3 is 2.40 bits per heavy atom. The first-order valence-electron chi connectivity index (χ1n) is 5.00. The Labute approximate surface area is 93.1 Å². The number of benzene rings is 1. The van der Waals surface area contributed by atoms with Crippen LogP contribution in [0.3, 0.4) is 0 Å². The second-order valence-corrected chi connectivity index (χ2v) is 4.70. The van der Waals surface area contributed by atoms with E-state index in [1.807, 2.05) is 37.3 Å². The first kappa shape index (κ1) is 12.6. The molecule has 0 aliphatic heterocycles. The van der Waals surface area contributed by atoms with Gasteiger partial charge in [0.1, 0.15) is 6.61 Å². The summed E-state index contributed by atoms with van der Waals surface area (Å²) in [5.41, 5.74) is 7.34. The molecule has 0 bridgehead atoms. The van der Waals surface area contributed by atoms with Gasteiger partial charge in [-0.25, -0.2) is 9.78 Å². The molecule has 4 heteroatoms. The van der Waals surface area contributed by atoms with E-state index in [1.54, 1.807) is 0 Å². The van der Waals surface area contributed by atoms with Crippen molar-refractivity contribution in [1.29, 1.82) is 0 Å². The van der Waals surface area contributed by atoms with Crippen LogP contribution < -0.4 is 5.73 Å². The van der Waals surface area contributed by atoms with Gasteiger partial charge < -0.3 is 5.73 Å². The van der Waals surface area contributed by atoms with Gasteiger partial charge in [0.15, 0.2) is 0 Å². The van der Waals surface area contributed by atoms with E-state index in [2.05, 4.69) is 9.24 Å². The highest BCUT2D eigenvalue weighted by molar-refractivity contribution is 7.17. The van der Waals surface area contributed by atoms with Crippen LogP contribution in [0.5, 0.6) is 0 Å². The van der Waals surface area contributed by atoms with Crippen LogP contribution in [-0.2, 0) is 9.78 Å². The molecule has 15 heavy (non-hydrogen) atoms. The molecule has 0 fully saturated rings. The third kappa shape index (κ3) is 5.24. The highest BCUT2D eigenvalue weighted by Gasteiger charge is 2.05. The summed E-state index contributed by atoms with van der Waals surface area (Å²) in [7, 11) is 2.64. The quantitative estimate of drug-likeness (QED) is 0.349. The van der Waals surface area contributed by atoms with Crippen molar-refractivity contribution in [2.24, 2.45) is 5.73 Å². The Morgan fingerprint density at radius 1 is 1.20 bits per heavy atom. The van der Waals surface area contributed by atoms with Gasteiger partial charge in [-0.3, -0.25) is 0 Å². The average Bonchev–Trinajstić information content (AvgIpc) is 2.25. The molecule has 0 saturated heterocycles. The zero-order chi connectivity index (χ0) is 11.1. The van der Waals surface area contributed by atoms with Crippen molar-refractivity contribution >= 4 is 9.24 Å². The maximum absolute atomic E-state index is 5.90. The second-order valence-electron chi connectivity index (χ2n) is 3.56. The lowest BCUT2D eigenvalue weighted by atomic mass is 10.1. The minimum atomic E-state index is -0.133. The molecule has 0 radical (unpaired) electrons. The molecular weight excluding hydrogens is 209 g/mol. The number of rotatable bonds is 6. The summed E-state index contributed by atoms with van der Waals surface area (Å²) >= 11 is 0. The molecule has 0 saturated carbocycles. The zero-order valence-electron chi connectivity index (χ0n) is 8.93. The molecule has 1 rings (SSSR count). The van der Waals surface area contributed by atoms with E-state index in [0.717, 1.165) is 5.56 Å². The van der Waals surface area contributed by atoms with Gasteiger partial charge in [-0.15, -0.1) is 9.24 Å². The molecule has 1 aromatic rings. The summed E-state index contributed by atoms with van der Waals surface area (Å²) in [6, 6.07) is 9.70. The molecule has 84 valence electrons. The number of nitrogens with two attached hydrogens (primary N) is 1. The molecule has 1 unspecified atom stereocenters. The number of hydrogen-bond donors (Lipinski definition) is 1. The fraction of sp³-hybridized carbons (Fsp3) is 0.455. The van der Waals surface area contributed by atoms with Crippen LogP contribution in [0.1, 0.15) is 18.5 Å². The summed E-state index contributed by atoms with van der Waals surface area (Å²) in [5, 5.41) is 0. The Balaban J connectivity index is 2.22. The van der Waals surface area contributed by atoms with E-state index in [4.69, 9.17) is 15.5 Å². The van der Waals surface area contributed by atoms with Crippen LogP contribution in [0.15, 0.2) is 30.3 Å². The first-order chi connectivity index (χ1) is 7.20. The van der Waals surface area contributed by atoms with Crippen LogP contribution in [0.25, 0.3) is 0 Å². The van der Waals surface area contributed by atoms with Crippen molar-refractivity contribution in [3.8, 4) is 0 Å². The average molecular weight is 227 g/mol. The lowest BCUT2D eigenvalue weighted by Gasteiger charge is -2.12. The Hall–Kier alpha value is -0.470. The predicted octanol–water partition coefficient (Wildman–Crippen LogP) is 1.90. The summed E-state index contributed by atoms with van der Waals surface area (Å²) < 4.78 is 0. The van der Waals surface area contributed by atoms with Gasteiger partial charge in [-0.2, -0.15) is 0 Å².